The molecule has 0 aliphatic heterocycles. The Bertz CT molecular complexity index is 418. The van der Waals surface area contributed by atoms with Gasteiger partial charge in [-0.25, -0.2) is 0 Å². The van der Waals surface area contributed by atoms with Crippen LogP contribution in [0.4, 0.5) is 5.69 Å². The van der Waals surface area contributed by atoms with Crippen LogP contribution in [0.5, 0.6) is 0 Å². The van der Waals surface area contributed by atoms with E-state index < -0.39 is 0 Å². The Kier molecular flexibility index (Phi) is 9.64. The fourth-order valence-corrected chi connectivity index (χ4v) is 2.21. The summed E-state index contributed by atoms with van der Waals surface area (Å²) in [6.45, 7) is 8.51. The van der Waals surface area contributed by atoms with Crippen LogP contribution in [0.2, 0.25) is 5.02 Å². The molecule has 0 saturated heterocycles. The third kappa shape index (κ3) is 6.12. The van der Waals surface area contributed by atoms with Crippen molar-refractivity contribution in [3.8, 4) is 0 Å². The van der Waals surface area contributed by atoms with Gasteiger partial charge < -0.3 is 5.32 Å². The molecule has 1 aromatic carbocycles. The Labute approximate surface area is 133 Å². The van der Waals surface area contributed by atoms with Crippen LogP contribution in [0.3, 0.4) is 0 Å². The van der Waals surface area contributed by atoms with Gasteiger partial charge in [0.25, 0.3) is 0 Å². The Balaban J connectivity index is 0.00000361. The van der Waals surface area contributed by atoms with Gasteiger partial charge in [-0.1, -0.05) is 31.5 Å². The largest absolute Gasteiger partial charge is 0.325 e. The second-order valence-electron chi connectivity index (χ2n) is 4.74. The van der Waals surface area contributed by atoms with Crippen molar-refractivity contribution in [3.63, 3.8) is 0 Å². The number of halogens is 2. The lowest BCUT2D eigenvalue weighted by Crippen LogP contribution is -2.34. The molecule has 1 N–H and O–H groups in total. The van der Waals surface area contributed by atoms with Gasteiger partial charge in [-0.3, -0.25) is 9.69 Å². The summed E-state index contributed by atoms with van der Waals surface area (Å²) in [5, 5.41) is 3.61. The molecular weight excluding hydrogens is 295 g/mol. The van der Waals surface area contributed by atoms with E-state index >= 15 is 0 Å². The number of nitrogens with one attached hydrogen (secondary N) is 1. The number of hydrogen-bond donors (Lipinski definition) is 1. The molecule has 1 amide bonds. The van der Waals surface area contributed by atoms with Gasteiger partial charge >= 0.3 is 0 Å². The first kappa shape index (κ1) is 19.2. The lowest BCUT2D eigenvalue weighted by molar-refractivity contribution is -0.117. The highest BCUT2D eigenvalue weighted by molar-refractivity contribution is 6.31. The standard InChI is InChI=1S/C15H23ClN2O.ClH/c1-4-9-18(10-5-2)11-15(19)17-14-8-6-7-13(16)12(14)3;/h6-8H,4-5,9-11H2,1-3H3,(H,17,19);1H. The highest BCUT2D eigenvalue weighted by Gasteiger charge is 2.11. The zero-order chi connectivity index (χ0) is 14.3. The lowest BCUT2D eigenvalue weighted by atomic mass is 10.2. The van der Waals surface area contributed by atoms with E-state index in [0.29, 0.717) is 11.6 Å². The van der Waals surface area contributed by atoms with E-state index in [1.165, 1.54) is 0 Å². The van der Waals surface area contributed by atoms with Crippen LogP contribution in [-0.4, -0.2) is 30.4 Å². The minimum Gasteiger partial charge on any atom is -0.325 e. The van der Waals surface area contributed by atoms with Crippen molar-refractivity contribution >= 4 is 35.6 Å². The molecular formula is C15H24Cl2N2O. The van der Waals surface area contributed by atoms with Gasteiger partial charge in [0, 0.05) is 10.7 Å². The minimum atomic E-state index is 0. The van der Waals surface area contributed by atoms with Crippen LogP contribution >= 0.6 is 24.0 Å². The summed E-state index contributed by atoms with van der Waals surface area (Å²) in [6, 6.07) is 5.55. The normalized spacial score (nSPS) is 10.2. The van der Waals surface area contributed by atoms with Gasteiger partial charge in [-0.2, -0.15) is 0 Å². The molecule has 0 radical (unpaired) electrons. The van der Waals surface area contributed by atoms with Gasteiger partial charge in [-0.05, 0) is 50.6 Å². The predicted octanol–water partition coefficient (Wildman–Crippen LogP) is 4.13. The van der Waals surface area contributed by atoms with Gasteiger partial charge in [0.1, 0.15) is 0 Å². The second kappa shape index (κ2) is 10.0. The predicted molar refractivity (Wildman–Crippen MR) is 89.1 cm³/mol. The van der Waals surface area contributed by atoms with Crippen molar-refractivity contribution in [2.45, 2.75) is 33.6 Å². The molecule has 3 nitrogen and oxygen atoms in total. The smallest absolute Gasteiger partial charge is 0.238 e. The molecule has 0 heterocycles. The van der Waals surface area contributed by atoms with Crippen molar-refractivity contribution in [2.24, 2.45) is 0 Å². The van der Waals surface area contributed by atoms with Crippen LogP contribution in [0, 0.1) is 6.92 Å². The van der Waals surface area contributed by atoms with E-state index in [0.717, 1.165) is 37.2 Å². The van der Waals surface area contributed by atoms with Crippen LogP contribution in [0.15, 0.2) is 18.2 Å². The number of carbonyl (C=O) groups is 1. The number of nitrogens with zero attached hydrogens (tertiary/aromatic N) is 1. The van der Waals surface area contributed by atoms with Gasteiger partial charge in [0.15, 0.2) is 0 Å². The van der Waals surface area contributed by atoms with Crippen molar-refractivity contribution in [3.05, 3.63) is 28.8 Å². The van der Waals surface area contributed by atoms with Crippen LogP contribution in [-0.2, 0) is 4.79 Å². The molecule has 0 unspecified atom stereocenters. The van der Waals surface area contributed by atoms with Crippen molar-refractivity contribution in [1.82, 2.24) is 4.90 Å². The molecule has 5 heteroatoms. The lowest BCUT2D eigenvalue weighted by Gasteiger charge is -2.20. The molecule has 0 spiro atoms. The van der Waals surface area contributed by atoms with E-state index in [2.05, 4.69) is 24.1 Å². The fraction of sp³-hybridized carbons (Fsp3) is 0.533. The van der Waals surface area contributed by atoms with Crippen LogP contribution < -0.4 is 5.32 Å². The Morgan fingerprint density at radius 3 is 2.40 bits per heavy atom. The van der Waals surface area contributed by atoms with Gasteiger partial charge in [0.05, 0.1) is 6.54 Å². The maximum atomic E-state index is 12.0. The van der Waals surface area contributed by atoms with Crippen molar-refractivity contribution < 1.29 is 4.79 Å². The summed E-state index contributed by atoms with van der Waals surface area (Å²) in [5.74, 6) is 0.0206. The minimum absolute atomic E-state index is 0. The Hall–Kier alpha value is -0.770. The number of benzene rings is 1. The summed E-state index contributed by atoms with van der Waals surface area (Å²) >= 11 is 6.04. The molecule has 1 rings (SSSR count). The molecule has 0 fully saturated rings. The first-order chi connectivity index (χ1) is 9.08. The zero-order valence-corrected chi connectivity index (χ0v) is 14.0. The van der Waals surface area contributed by atoms with Gasteiger partial charge in [-0.15, -0.1) is 12.4 Å². The summed E-state index contributed by atoms with van der Waals surface area (Å²) in [7, 11) is 0. The van der Waals surface area contributed by atoms with Gasteiger partial charge in [0.2, 0.25) is 5.91 Å². The maximum absolute atomic E-state index is 12.0. The molecule has 0 bridgehead atoms. The highest BCUT2D eigenvalue weighted by Crippen LogP contribution is 2.22. The molecule has 0 aliphatic rings. The first-order valence-electron chi connectivity index (χ1n) is 6.85. The van der Waals surface area contributed by atoms with E-state index in [9.17, 15) is 4.79 Å². The van der Waals surface area contributed by atoms with E-state index in [1.807, 2.05) is 25.1 Å². The average Bonchev–Trinajstić information content (AvgIpc) is 2.35. The van der Waals surface area contributed by atoms with E-state index in [-0.39, 0.29) is 18.3 Å². The third-order valence-electron chi connectivity index (χ3n) is 2.99. The average molecular weight is 319 g/mol. The number of anilines is 1. The maximum Gasteiger partial charge on any atom is 0.238 e. The summed E-state index contributed by atoms with van der Waals surface area (Å²) in [5.41, 5.74) is 1.71. The SMILES string of the molecule is CCCN(CCC)CC(=O)Nc1cccc(Cl)c1C.Cl. The monoisotopic (exact) mass is 318 g/mol. The Morgan fingerprint density at radius 1 is 1.25 bits per heavy atom. The topological polar surface area (TPSA) is 32.3 Å². The third-order valence-corrected chi connectivity index (χ3v) is 3.40. The zero-order valence-electron chi connectivity index (χ0n) is 12.4. The quantitative estimate of drug-likeness (QED) is 0.819. The number of rotatable bonds is 7. The molecule has 0 aliphatic carbocycles. The summed E-state index contributed by atoms with van der Waals surface area (Å²) in [4.78, 5) is 14.2. The molecule has 1 aromatic rings. The molecule has 114 valence electrons. The molecule has 0 saturated carbocycles. The van der Waals surface area contributed by atoms with Crippen molar-refractivity contribution in [1.29, 1.82) is 0 Å². The number of amides is 1. The van der Waals surface area contributed by atoms with Crippen LogP contribution in [0.25, 0.3) is 0 Å². The fourth-order valence-electron chi connectivity index (χ4n) is 2.04. The molecule has 0 aromatic heterocycles. The molecule has 20 heavy (non-hydrogen) atoms. The summed E-state index contributed by atoms with van der Waals surface area (Å²) < 4.78 is 0. The van der Waals surface area contributed by atoms with Crippen LogP contribution in [0.1, 0.15) is 32.3 Å². The Morgan fingerprint density at radius 2 is 1.85 bits per heavy atom. The second-order valence-corrected chi connectivity index (χ2v) is 5.14. The molecule has 0 atom stereocenters. The highest BCUT2D eigenvalue weighted by atomic mass is 35.5. The summed E-state index contributed by atoms with van der Waals surface area (Å²) in [6.07, 6.45) is 2.12. The van der Waals surface area contributed by atoms with E-state index in [1.54, 1.807) is 0 Å². The first-order valence-corrected chi connectivity index (χ1v) is 7.23. The number of hydrogen-bond acceptors (Lipinski definition) is 2. The number of carbonyl (C=O) groups excluding carboxylic acids is 1. The van der Waals surface area contributed by atoms with E-state index in [4.69, 9.17) is 11.6 Å². The van der Waals surface area contributed by atoms with Crippen molar-refractivity contribution in [2.75, 3.05) is 25.0 Å².